The van der Waals surface area contributed by atoms with Crippen molar-refractivity contribution in [2.75, 3.05) is 0 Å². The van der Waals surface area contributed by atoms with Crippen molar-refractivity contribution in [1.82, 2.24) is 9.55 Å². The highest BCUT2D eigenvalue weighted by atomic mass is 16.1. The summed E-state index contributed by atoms with van der Waals surface area (Å²) < 4.78 is 1.95. The Labute approximate surface area is 92.3 Å². The highest BCUT2D eigenvalue weighted by Gasteiger charge is 2.09. The van der Waals surface area contributed by atoms with Crippen LogP contribution in [0.15, 0.2) is 35.3 Å². The SMILES string of the molecule is Cc1ccc2c(c1)c1cc[nH]c(=O)c1n2C. The summed E-state index contributed by atoms with van der Waals surface area (Å²) in [6.45, 7) is 2.06. The number of aromatic amines is 1. The number of hydrogen-bond donors (Lipinski definition) is 1. The Hall–Kier alpha value is -2.03. The summed E-state index contributed by atoms with van der Waals surface area (Å²) in [5, 5.41) is 2.16. The second-order valence-corrected chi connectivity index (χ2v) is 4.15. The summed E-state index contributed by atoms with van der Waals surface area (Å²) in [6, 6.07) is 8.20. The molecule has 0 radical (unpaired) electrons. The van der Waals surface area contributed by atoms with E-state index in [4.69, 9.17) is 0 Å². The predicted octanol–water partition coefficient (Wildman–Crippen LogP) is 2.33. The molecule has 80 valence electrons. The molecule has 0 unspecified atom stereocenters. The van der Waals surface area contributed by atoms with E-state index in [9.17, 15) is 4.79 Å². The number of benzene rings is 1. The van der Waals surface area contributed by atoms with E-state index in [2.05, 4.69) is 30.1 Å². The van der Waals surface area contributed by atoms with E-state index in [0.29, 0.717) is 0 Å². The molecule has 16 heavy (non-hydrogen) atoms. The first-order valence-corrected chi connectivity index (χ1v) is 5.25. The Bertz CT molecular complexity index is 750. The van der Waals surface area contributed by atoms with E-state index < -0.39 is 0 Å². The normalized spacial score (nSPS) is 11.4. The molecule has 0 aliphatic heterocycles. The maximum absolute atomic E-state index is 11.8. The number of hydrogen-bond acceptors (Lipinski definition) is 1. The third-order valence-corrected chi connectivity index (χ3v) is 3.07. The number of nitrogens with one attached hydrogen (secondary N) is 1. The molecule has 3 heteroatoms. The van der Waals surface area contributed by atoms with Gasteiger partial charge in [-0.1, -0.05) is 11.6 Å². The van der Waals surface area contributed by atoms with Gasteiger partial charge in [0.15, 0.2) is 0 Å². The van der Waals surface area contributed by atoms with Crippen molar-refractivity contribution in [3.05, 3.63) is 46.4 Å². The Balaban J connectivity index is 2.71. The maximum Gasteiger partial charge on any atom is 0.272 e. The number of aromatic nitrogens is 2. The molecular formula is C13H12N2O. The third-order valence-electron chi connectivity index (χ3n) is 3.07. The summed E-state index contributed by atoms with van der Waals surface area (Å²) in [6.07, 6.45) is 1.70. The van der Waals surface area contributed by atoms with Crippen LogP contribution in [-0.4, -0.2) is 9.55 Å². The number of nitrogens with zero attached hydrogens (tertiary/aromatic N) is 1. The fraction of sp³-hybridized carbons (Fsp3) is 0.154. The van der Waals surface area contributed by atoms with Gasteiger partial charge in [-0.05, 0) is 25.1 Å². The minimum absolute atomic E-state index is 0.0335. The zero-order chi connectivity index (χ0) is 11.3. The quantitative estimate of drug-likeness (QED) is 0.610. The molecule has 2 heterocycles. The van der Waals surface area contributed by atoms with Gasteiger partial charge in [-0.3, -0.25) is 4.79 Å². The van der Waals surface area contributed by atoms with Crippen LogP contribution in [-0.2, 0) is 7.05 Å². The van der Waals surface area contributed by atoms with Crippen LogP contribution in [0.1, 0.15) is 5.56 Å². The summed E-state index contributed by atoms with van der Waals surface area (Å²) >= 11 is 0. The van der Waals surface area contributed by atoms with Crippen LogP contribution in [0.4, 0.5) is 0 Å². The molecule has 1 aromatic carbocycles. The van der Waals surface area contributed by atoms with Crippen LogP contribution in [0, 0.1) is 6.92 Å². The lowest BCUT2D eigenvalue weighted by molar-refractivity contribution is 0.999. The lowest BCUT2D eigenvalue weighted by atomic mass is 10.1. The van der Waals surface area contributed by atoms with Gasteiger partial charge < -0.3 is 9.55 Å². The van der Waals surface area contributed by atoms with Crippen molar-refractivity contribution in [2.45, 2.75) is 6.92 Å². The number of H-pyrrole nitrogens is 1. The molecule has 0 aliphatic carbocycles. The van der Waals surface area contributed by atoms with Crippen molar-refractivity contribution in [3.63, 3.8) is 0 Å². The Kier molecular flexibility index (Phi) is 1.72. The number of pyridine rings is 1. The molecule has 0 atom stereocenters. The van der Waals surface area contributed by atoms with Crippen molar-refractivity contribution < 1.29 is 0 Å². The van der Waals surface area contributed by atoms with Gasteiger partial charge in [-0.2, -0.15) is 0 Å². The van der Waals surface area contributed by atoms with Gasteiger partial charge in [0.1, 0.15) is 5.52 Å². The Morgan fingerprint density at radius 1 is 1.19 bits per heavy atom. The molecule has 0 aliphatic rings. The zero-order valence-electron chi connectivity index (χ0n) is 9.24. The maximum atomic E-state index is 11.8. The molecule has 0 saturated carbocycles. The van der Waals surface area contributed by atoms with Crippen molar-refractivity contribution >= 4 is 21.8 Å². The van der Waals surface area contributed by atoms with Crippen LogP contribution in [0.2, 0.25) is 0 Å². The number of fused-ring (bicyclic) bond motifs is 3. The van der Waals surface area contributed by atoms with Crippen LogP contribution in [0.25, 0.3) is 21.8 Å². The minimum atomic E-state index is -0.0335. The zero-order valence-corrected chi connectivity index (χ0v) is 9.24. The van der Waals surface area contributed by atoms with Gasteiger partial charge in [-0.15, -0.1) is 0 Å². The first-order valence-electron chi connectivity index (χ1n) is 5.25. The van der Waals surface area contributed by atoms with Gasteiger partial charge in [0.25, 0.3) is 5.56 Å². The molecule has 0 bridgehead atoms. The monoisotopic (exact) mass is 212 g/mol. The highest BCUT2D eigenvalue weighted by molar-refractivity contribution is 6.07. The van der Waals surface area contributed by atoms with Gasteiger partial charge in [0.05, 0.1) is 0 Å². The molecule has 3 aromatic rings. The molecular weight excluding hydrogens is 200 g/mol. The second-order valence-electron chi connectivity index (χ2n) is 4.15. The molecule has 2 aromatic heterocycles. The number of rotatable bonds is 0. The van der Waals surface area contributed by atoms with E-state index in [1.54, 1.807) is 6.20 Å². The summed E-state index contributed by atoms with van der Waals surface area (Å²) in [5.74, 6) is 0. The Morgan fingerprint density at radius 3 is 2.81 bits per heavy atom. The van der Waals surface area contributed by atoms with E-state index in [-0.39, 0.29) is 5.56 Å². The van der Waals surface area contributed by atoms with Crippen LogP contribution >= 0.6 is 0 Å². The van der Waals surface area contributed by atoms with Gasteiger partial charge in [-0.25, -0.2) is 0 Å². The van der Waals surface area contributed by atoms with Gasteiger partial charge >= 0.3 is 0 Å². The molecule has 0 saturated heterocycles. The molecule has 0 spiro atoms. The van der Waals surface area contributed by atoms with E-state index >= 15 is 0 Å². The first-order chi connectivity index (χ1) is 7.68. The van der Waals surface area contributed by atoms with Crippen molar-refractivity contribution in [3.8, 4) is 0 Å². The van der Waals surface area contributed by atoms with Crippen LogP contribution in [0.3, 0.4) is 0 Å². The van der Waals surface area contributed by atoms with Crippen LogP contribution < -0.4 is 5.56 Å². The molecule has 3 nitrogen and oxygen atoms in total. The smallest absolute Gasteiger partial charge is 0.272 e. The average Bonchev–Trinajstić information content (AvgIpc) is 2.54. The second kappa shape index (κ2) is 2.98. The van der Waals surface area contributed by atoms with E-state index in [0.717, 1.165) is 21.8 Å². The number of aryl methyl sites for hydroxylation is 2. The highest BCUT2D eigenvalue weighted by Crippen LogP contribution is 2.26. The standard InChI is InChI=1S/C13H12N2O/c1-8-3-4-11-10(7-8)9-5-6-14-13(16)12(9)15(11)2/h3-7H,1-2H3,(H,14,16). The largest absolute Gasteiger partial charge is 0.339 e. The summed E-state index contributed by atoms with van der Waals surface area (Å²) in [5.41, 5.74) is 3.01. The molecule has 3 rings (SSSR count). The van der Waals surface area contributed by atoms with Gasteiger partial charge in [0.2, 0.25) is 0 Å². The van der Waals surface area contributed by atoms with Gasteiger partial charge in [0, 0.05) is 29.5 Å². The molecule has 0 fully saturated rings. The fourth-order valence-electron chi connectivity index (χ4n) is 2.30. The minimum Gasteiger partial charge on any atom is -0.339 e. The topological polar surface area (TPSA) is 37.8 Å². The molecule has 1 N–H and O–H groups in total. The van der Waals surface area contributed by atoms with E-state index in [1.807, 2.05) is 17.7 Å². The average molecular weight is 212 g/mol. The van der Waals surface area contributed by atoms with Crippen molar-refractivity contribution in [2.24, 2.45) is 7.05 Å². The fourth-order valence-corrected chi connectivity index (χ4v) is 2.30. The summed E-state index contributed by atoms with van der Waals surface area (Å²) in [4.78, 5) is 14.5. The molecule has 0 amide bonds. The van der Waals surface area contributed by atoms with E-state index in [1.165, 1.54) is 5.56 Å². The lowest BCUT2D eigenvalue weighted by Crippen LogP contribution is -2.07. The predicted molar refractivity (Wildman–Crippen MR) is 65.8 cm³/mol. The lowest BCUT2D eigenvalue weighted by Gasteiger charge is -1.96. The Morgan fingerprint density at radius 2 is 2.00 bits per heavy atom. The summed E-state index contributed by atoms with van der Waals surface area (Å²) in [7, 11) is 1.93. The first kappa shape index (κ1) is 9.21. The van der Waals surface area contributed by atoms with Crippen molar-refractivity contribution in [1.29, 1.82) is 0 Å². The van der Waals surface area contributed by atoms with Crippen LogP contribution in [0.5, 0.6) is 0 Å². The third kappa shape index (κ3) is 1.05.